The second-order valence-electron chi connectivity index (χ2n) is 8.66. The second kappa shape index (κ2) is 14.4. The van der Waals surface area contributed by atoms with E-state index in [1.54, 1.807) is 6.21 Å². The first-order valence-corrected chi connectivity index (χ1v) is 12.4. The van der Waals surface area contributed by atoms with E-state index in [-0.39, 0.29) is 5.97 Å². The molecule has 0 aliphatic heterocycles. The Bertz CT molecular complexity index is 1480. The van der Waals surface area contributed by atoms with Gasteiger partial charge in [0.05, 0.1) is 18.4 Å². The summed E-state index contributed by atoms with van der Waals surface area (Å²) >= 11 is 0. The normalized spacial score (nSPS) is 11.0. The van der Waals surface area contributed by atoms with Crippen LogP contribution in [0.4, 0.5) is 13.2 Å². The summed E-state index contributed by atoms with van der Waals surface area (Å²) < 4.78 is 45.0. The highest BCUT2D eigenvalue weighted by atomic mass is 19.4. The van der Waals surface area contributed by atoms with Crippen molar-refractivity contribution in [3.05, 3.63) is 119 Å². The number of para-hydroxylation sites is 1. The minimum atomic E-state index is -5.08. The second-order valence-corrected chi connectivity index (χ2v) is 8.66. The van der Waals surface area contributed by atoms with Crippen LogP contribution in [0.1, 0.15) is 39.5 Å². The van der Waals surface area contributed by atoms with Gasteiger partial charge in [0, 0.05) is 18.9 Å². The molecule has 0 spiro atoms. The number of hydrogen-bond donors (Lipinski definition) is 2. The number of carbonyl (C=O) groups is 2. The van der Waals surface area contributed by atoms with Gasteiger partial charge in [-0.05, 0) is 65.9 Å². The molecule has 4 aromatic rings. The van der Waals surface area contributed by atoms with Gasteiger partial charge in [0.1, 0.15) is 11.5 Å². The Morgan fingerprint density at radius 3 is 2.27 bits per heavy atom. The maximum atomic E-state index is 12.7. The lowest BCUT2D eigenvalue weighted by Crippen LogP contribution is -2.21. The summed E-state index contributed by atoms with van der Waals surface area (Å²) in [6.45, 7) is 2.73. The van der Waals surface area contributed by atoms with E-state index in [1.165, 1.54) is 0 Å². The number of aliphatic carboxylic acids is 1. The van der Waals surface area contributed by atoms with Crippen LogP contribution in [0.15, 0.2) is 96.4 Å². The Kier molecular flexibility index (Phi) is 10.7. The quantitative estimate of drug-likeness (QED) is 0.111. The number of carboxylic acids is 1. The summed E-state index contributed by atoms with van der Waals surface area (Å²) in [7, 11) is 0. The molecule has 0 amide bonds. The molecule has 3 aromatic carbocycles. The molecular weight excluding hydrogens is 539 g/mol. The number of hydrazone groups is 1. The van der Waals surface area contributed by atoms with E-state index in [1.807, 2.05) is 103 Å². The first-order chi connectivity index (χ1) is 19.6. The standard InChI is InChI=1S/C28H27N3O3.C2HF3O2/c1-2-33-28(32)27-20-31(19-24(27)15-21-8-6-9-22(14-21)17-30-29)18-23-10-7-13-26(16-23)34-25-11-4-3-5-12-25;3-2(4,5)1(6)7/h3-14,16-17,19-20H,2,15,18,29H2,1H3;(H,6,7)/b30-17-;. The minimum absolute atomic E-state index is 0.322. The van der Waals surface area contributed by atoms with Crippen LogP contribution in [-0.2, 0) is 22.5 Å². The predicted octanol–water partition coefficient (Wildman–Crippen LogP) is 6.02. The smallest absolute Gasteiger partial charge is 0.475 e. The van der Waals surface area contributed by atoms with E-state index in [0.717, 1.165) is 33.8 Å². The lowest BCUT2D eigenvalue weighted by Gasteiger charge is -2.08. The first-order valence-electron chi connectivity index (χ1n) is 12.4. The Morgan fingerprint density at radius 2 is 1.61 bits per heavy atom. The van der Waals surface area contributed by atoms with Crippen LogP contribution in [0.5, 0.6) is 11.5 Å². The molecule has 11 heteroatoms. The number of nitrogens with two attached hydrogens (primary N) is 1. The van der Waals surface area contributed by atoms with Gasteiger partial charge in [-0.3, -0.25) is 0 Å². The highest BCUT2D eigenvalue weighted by Crippen LogP contribution is 2.24. The van der Waals surface area contributed by atoms with Crippen LogP contribution in [-0.4, -0.2) is 40.6 Å². The zero-order chi connectivity index (χ0) is 29.8. The number of rotatable bonds is 9. The number of alkyl halides is 3. The number of carboxylic acid groups (broad SMARTS) is 1. The molecule has 1 heterocycles. The molecule has 41 heavy (non-hydrogen) atoms. The third kappa shape index (κ3) is 9.57. The van der Waals surface area contributed by atoms with E-state index < -0.39 is 12.1 Å². The van der Waals surface area contributed by atoms with Crippen LogP contribution in [0.25, 0.3) is 0 Å². The fourth-order valence-electron chi connectivity index (χ4n) is 3.81. The van der Waals surface area contributed by atoms with Crippen molar-refractivity contribution in [2.24, 2.45) is 10.9 Å². The average molecular weight is 568 g/mol. The Morgan fingerprint density at radius 1 is 0.951 bits per heavy atom. The molecule has 0 saturated heterocycles. The van der Waals surface area contributed by atoms with Crippen molar-refractivity contribution < 1.29 is 37.3 Å². The molecule has 0 bridgehead atoms. The number of aromatic nitrogens is 1. The molecule has 0 aliphatic carbocycles. The van der Waals surface area contributed by atoms with E-state index in [9.17, 15) is 18.0 Å². The van der Waals surface area contributed by atoms with Gasteiger partial charge in [0.25, 0.3) is 0 Å². The molecule has 0 saturated carbocycles. The number of ether oxygens (including phenoxy) is 2. The van der Waals surface area contributed by atoms with Crippen molar-refractivity contribution >= 4 is 18.2 Å². The van der Waals surface area contributed by atoms with Gasteiger partial charge in [-0.2, -0.15) is 18.3 Å². The molecule has 0 unspecified atom stereocenters. The topological polar surface area (TPSA) is 116 Å². The zero-order valence-corrected chi connectivity index (χ0v) is 22.0. The minimum Gasteiger partial charge on any atom is -0.475 e. The molecule has 3 N–H and O–H groups in total. The average Bonchev–Trinajstić information content (AvgIpc) is 3.32. The molecular formula is C30H28F3N3O5. The fraction of sp³-hybridized carbons (Fsp3) is 0.167. The van der Waals surface area contributed by atoms with Crippen molar-refractivity contribution in [2.75, 3.05) is 6.61 Å². The largest absolute Gasteiger partial charge is 0.490 e. The monoisotopic (exact) mass is 567 g/mol. The maximum absolute atomic E-state index is 12.7. The Balaban J connectivity index is 0.000000587. The van der Waals surface area contributed by atoms with Crippen molar-refractivity contribution in [2.45, 2.75) is 26.1 Å². The fourth-order valence-corrected chi connectivity index (χ4v) is 3.81. The highest BCUT2D eigenvalue weighted by molar-refractivity contribution is 5.91. The van der Waals surface area contributed by atoms with Crippen molar-refractivity contribution in [1.29, 1.82) is 0 Å². The third-order valence-corrected chi connectivity index (χ3v) is 5.51. The first kappa shape index (κ1) is 30.5. The lowest BCUT2D eigenvalue weighted by atomic mass is 10.0. The van der Waals surface area contributed by atoms with Gasteiger partial charge in [-0.25, -0.2) is 9.59 Å². The van der Waals surface area contributed by atoms with E-state index in [2.05, 4.69) is 5.10 Å². The lowest BCUT2D eigenvalue weighted by molar-refractivity contribution is -0.192. The van der Waals surface area contributed by atoms with Gasteiger partial charge >= 0.3 is 18.1 Å². The third-order valence-electron chi connectivity index (χ3n) is 5.51. The van der Waals surface area contributed by atoms with E-state index >= 15 is 0 Å². The van der Waals surface area contributed by atoms with Gasteiger partial charge in [-0.1, -0.05) is 48.5 Å². The van der Waals surface area contributed by atoms with Crippen LogP contribution in [0.2, 0.25) is 0 Å². The van der Waals surface area contributed by atoms with Crippen LogP contribution in [0.3, 0.4) is 0 Å². The van der Waals surface area contributed by atoms with Gasteiger partial charge in [0.15, 0.2) is 0 Å². The molecule has 4 rings (SSSR count). The zero-order valence-electron chi connectivity index (χ0n) is 22.0. The molecule has 0 fully saturated rings. The molecule has 0 atom stereocenters. The molecule has 214 valence electrons. The summed E-state index contributed by atoms with van der Waals surface area (Å²) in [6.07, 6.45) is 0.958. The summed E-state index contributed by atoms with van der Waals surface area (Å²) in [5.41, 5.74) is 4.49. The Labute approximate surface area is 234 Å². The summed E-state index contributed by atoms with van der Waals surface area (Å²) in [5.74, 6) is 3.76. The number of benzene rings is 3. The summed E-state index contributed by atoms with van der Waals surface area (Å²) in [6, 6.07) is 25.5. The van der Waals surface area contributed by atoms with Gasteiger partial charge in [-0.15, -0.1) is 0 Å². The summed E-state index contributed by atoms with van der Waals surface area (Å²) in [4.78, 5) is 21.6. The van der Waals surface area contributed by atoms with E-state index in [0.29, 0.717) is 25.1 Å². The highest BCUT2D eigenvalue weighted by Gasteiger charge is 2.38. The van der Waals surface area contributed by atoms with Crippen LogP contribution < -0.4 is 10.6 Å². The number of halogens is 3. The van der Waals surface area contributed by atoms with Crippen molar-refractivity contribution in [3.63, 3.8) is 0 Å². The molecule has 1 aromatic heterocycles. The van der Waals surface area contributed by atoms with Gasteiger partial charge in [0.2, 0.25) is 0 Å². The van der Waals surface area contributed by atoms with Crippen molar-refractivity contribution in [3.8, 4) is 11.5 Å². The summed E-state index contributed by atoms with van der Waals surface area (Å²) in [5, 5.41) is 10.7. The number of esters is 1. The van der Waals surface area contributed by atoms with Crippen molar-refractivity contribution in [1.82, 2.24) is 4.57 Å². The molecule has 0 radical (unpaired) electrons. The van der Waals surface area contributed by atoms with Crippen LogP contribution >= 0.6 is 0 Å². The predicted molar refractivity (Wildman–Crippen MR) is 147 cm³/mol. The Hall–Kier alpha value is -5.06. The number of hydrogen-bond acceptors (Lipinski definition) is 6. The molecule has 0 aliphatic rings. The van der Waals surface area contributed by atoms with Crippen LogP contribution in [0, 0.1) is 0 Å². The van der Waals surface area contributed by atoms with Gasteiger partial charge < -0.3 is 25.0 Å². The maximum Gasteiger partial charge on any atom is 0.490 e. The number of carbonyl (C=O) groups excluding carboxylic acids is 1. The number of nitrogens with zero attached hydrogens (tertiary/aromatic N) is 2. The van der Waals surface area contributed by atoms with E-state index in [4.69, 9.17) is 25.2 Å². The molecule has 8 nitrogen and oxygen atoms in total. The SMILES string of the molecule is CCOC(=O)c1cn(Cc2cccc(Oc3ccccc3)c2)cc1Cc1cccc(/C=N\N)c1.O=C(O)C(F)(F)F.